The number of nitrogens with one attached hydrogen (secondary N) is 1. The molecule has 68 valence electrons. The number of amides is 1. The molecule has 1 aromatic carbocycles. The minimum atomic E-state index is -0.348. The molecule has 5 heteroatoms. The van der Waals surface area contributed by atoms with Crippen molar-refractivity contribution in [3.63, 3.8) is 0 Å². The van der Waals surface area contributed by atoms with Crippen molar-refractivity contribution in [3.8, 4) is 5.75 Å². The molecule has 0 fully saturated rings. The molecule has 1 amide bonds. The molecule has 4 nitrogen and oxygen atoms in total. The fraction of sp³-hybridized carbons (Fsp3) is 0.125. The van der Waals surface area contributed by atoms with Gasteiger partial charge in [0.25, 0.3) is 0 Å². The molecule has 0 saturated carbocycles. The van der Waals surface area contributed by atoms with Gasteiger partial charge in [-0.05, 0) is 24.3 Å². The van der Waals surface area contributed by atoms with Crippen LogP contribution in [0.2, 0.25) is 0 Å². The minimum Gasteiger partial charge on any atom is -0.539 e. The smallest absolute Gasteiger partial charge is 0.504 e. The van der Waals surface area contributed by atoms with Crippen LogP contribution in [0.3, 0.4) is 0 Å². The van der Waals surface area contributed by atoms with Crippen LogP contribution in [0.25, 0.3) is 0 Å². The van der Waals surface area contributed by atoms with Crippen LogP contribution >= 0.6 is 0 Å². The summed E-state index contributed by atoms with van der Waals surface area (Å²) in [6.07, 6.45) is 0. The van der Waals surface area contributed by atoms with Gasteiger partial charge < -0.3 is 15.0 Å². The molecule has 2 N–H and O–H groups in total. The molecule has 0 atom stereocenters. The molecule has 1 rings (SSSR count). The first-order valence-electron chi connectivity index (χ1n) is 3.83. The highest BCUT2D eigenvalue weighted by atomic mass is 16.5. The third kappa shape index (κ3) is 3.17. The minimum absolute atomic E-state index is 0.115. The summed E-state index contributed by atoms with van der Waals surface area (Å²) in [6, 6.07) is 6.74. The van der Waals surface area contributed by atoms with E-state index in [4.69, 9.17) is 9.68 Å². The normalized spacial score (nSPS) is 9.08. The Labute approximate surface area is 76.8 Å². The maximum absolute atomic E-state index is 10.6. The molecular formula is C8H10BNO3. The van der Waals surface area contributed by atoms with E-state index in [1.54, 1.807) is 24.3 Å². The van der Waals surface area contributed by atoms with Crippen molar-refractivity contribution in [1.82, 2.24) is 0 Å². The highest BCUT2D eigenvalue weighted by Crippen LogP contribution is 2.14. The molecular weight excluding hydrogens is 169 g/mol. The maximum Gasteiger partial charge on any atom is 0.504 e. The average molecular weight is 179 g/mol. The standard InChI is InChI=1S/C8H10BNO3/c1-6(11)10-7-2-4-8(5-3-7)13-9-12/h2-5,9,12H,1H3,(H,10,11). The van der Waals surface area contributed by atoms with Gasteiger partial charge in [0, 0.05) is 12.6 Å². The lowest BCUT2D eigenvalue weighted by Gasteiger charge is -2.04. The van der Waals surface area contributed by atoms with E-state index < -0.39 is 0 Å². The number of carbonyl (C=O) groups is 1. The van der Waals surface area contributed by atoms with Crippen LogP contribution in [0.15, 0.2) is 24.3 Å². The molecule has 0 heterocycles. The molecule has 0 aliphatic rings. The van der Waals surface area contributed by atoms with E-state index in [9.17, 15) is 4.79 Å². The molecule has 0 aromatic heterocycles. The van der Waals surface area contributed by atoms with Crippen LogP contribution in [-0.4, -0.2) is 18.6 Å². The van der Waals surface area contributed by atoms with Gasteiger partial charge in [-0.1, -0.05) is 0 Å². The summed E-state index contributed by atoms with van der Waals surface area (Å²) >= 11 is 0. The van der Waals surface area contributed by atoms with Crippen molar-refractivity contribution >= 4 is 19.3 Å². The van der Waals surface area contributed by atoms with Crippen molar-refractivity contribution in [2.75, 3.05) is 5.32 Å². The van der Waals surface area contributed by atoms with Crippen molar-refractivity contribution in [3.05, 3.63) is 24.3 Å². The number of hydrogen-bond acceptors (Lipinski definition) is 3. The van der Waals surface area contributed by atoms with Gasteiger partial charge in [0.1, 0.15) is 5.75 Å². The number of hydrogen-bond donors (Lipinski definition) is 2. The summed E-state index contributed by atoms with van der Waals surface area (Å²) in [5.74, 6) is 0.451. The van der Waals surface area contributed by atoms with Gasteiger partial charge in [-0.2, -0.15) is 0 Å². The first-order valence-corrected chi connectivity index (χ1v) is 3.83. The summed E-state index contributed by atoms with van der Waals surface area (Å²) in [4.78, 5) is 10.6. The second-order valence-electron chi connectivity index (χ2n) is 2.48. The van der Waals surface area contributed by atoms with Crippen LogP contribution in [0.1, 0.15) is 6.92 Å². The molecule has 1 aromatic rings. The Kier molecular flexibility index (Phi) is 3.34. The third-order valence-electron chi connectivity index (χ3n) is 1.41. The SMILES string of the molecule is CC(=O)Nc1ccc(OBO)cc1. The van der Waals surface area contributed by atoms with E-state index in [2.05, 4.69) is 5.32 Å². The molecule has 13 heavy (non-hydrogen) atoms. The summed E-state index contributed by atoms with van der Waals surface area (Å²) < 4.78 is 4.81. The van der Waals surface area contributed by atoms with Gasteiger partial charge in [-0.3, -0.25) is 4.79 Å². The summed E-state index contributed by atoms with van der Waals surface area (Å²) in [7, 11) is -0.348. The summed E-state index contributed by atoms with van der Waals surface area (Å²) in [6.45, 7) is 1.44. The first-order chi connectivity index (χ1) is 6.22. The Morgan fingerprint density at radius 1 is 1.46 bits per heavy atom. The molecule has 0 saturated heterocycles. The Morgan fingerprint density at radius 3 is 2.54 bits per heavy atom. The van der Waals surface area contributed by atoms with Gasteiger partial charge in [-0.15, -0.1) is 0 Å². The van der Waals surface area contributed by atoms with Gasteiger partial charge >= 0.3 is 7.69 Å². The fourth-order valence-corrected chi connectivity index (χ4v) is 0.912. The van der Waals surface area contributed by atoms with Crippen LogP contribution < -0.4 is 9.97 Å². The lowest BCUT2D eigenvalue weighted by Crippen LogP contribution is -2.05. The van der Waals surface area contributed by atoms with Crippen molar-refractivity contribution in [2.45, 2.75) is 6.92 Å². The average Bonchev–Trinajstić information content (AvgIpc) is 2.08. The number of benzene rings is 1. The lowest BCUT2D eigenvalue weighted by atomic mass is 10.3. The van der Waals surface area contributed by atoms with Crippen LogP contribution in [0.4, 0.5) is 5.69 Å². The Hall–Kier alpha value is -1.49. The van der Waals surface area contributed by atoms with E-state index >= 15 is 0 Å². The van der Waals surface area contributed by atoms with E-state index in [0.717, 1.165) is 0 Å². The molecule has 0 radical (unpaired) electrons. The van der Waals surface area contributed by atoms with Gasteiger partial charge in [0.05, 0.1) is 0 Å². The van der Waals surface area contributed by atoms with Crippen molar-refractivity contribution in [1.29, 1.82) is 0 Å². The molecule has 0 bridgehead atoms. The predicted molar refractivity (Wildman–Crippen MR) is 50.7 cm³/mol. The number of rotatable bonds is 3. The van der Waals surface area contributed by atoms with Crippen LogP contribution in [-0.2, 0) is 4.79 Å². The zero-order valence-corrected chi connectivity index (χ0v) is 7.28. The third-order valence-corrected chi connectivity index (χ3v) is 1.41. The largest absolute Gasteiger partial charge is 0.539 e. The highest BCUT2D eigenvalue weighted by Gasteiger charge is 1.96. The maximum atomic E-state index is 10.6. The second kappa shape index (κ2) is 4.52. The number of anilines is 1. The fourth-order valence-electron chi connectivity index (χ4n) is 0.912. The summed E-state index contributed by atoms with van der Waals surface area (Å²) in [5.41, 5.74) is 0.706. The highest BCUT2D eigenvalue weighted by molar-refractivity contribution is 6.17. The van der Waals surface area contributed by atoms with Gasteiger partial charge in [0.15, 0.2) is 0 Å². The summed E-state index contributed by atoms with van der Waals surface area (Å²) in [5, 5.41) is 11.1. The number of carbonyl (C=O) groups excluding carboxylic acids is 1. The van der Waals surface area contributed by atoms with E-state index in [1.807, 2.05) is 0 Å². The molecule has 0 aliphatic carbocycles. The zero-order valence-electron chi connectivity index (χ0n) is 7.28. The van der Waals surface area contributed by atoms with Gasteiger partial charge in [-0.25, -0.2) is 0 Å². The van der Waals surface area contributed by atoms with E-state index in [-0.39, 0.29) is 13.6 Å². The molecule has 0 unspecified atom stereocenters. The molecule has 0 spiro atoms. The van der Waals surface area contributed by atoms with Crippen molar-refractivity contribution in [2.24, 2.45) is 0 Å². The lowest BCUT2D eigenvalue weighted by molar-refractivity contribution is -0.114. The second-order valence-corrected chi connectivity index (χ2v) is 2.48. The predicted octanol–water partition coefficient (Wildman–Crippen LogP) is 0.283. The topological polar surface area (TPSA) is 58.6 Å². The monoisotopic (exact) mass is 179 g/mol. The Bertz CT molecular complexity index is 286. The quantitative estimate of drug-likeness (QED) is 0.655. The molecule has 0 aliphatic heterocycles. The van der Waals surface area contributed by atoms with Crippen LogP contribution in [0.5, 0.6) is 5.75 Å². The van der Waals surface area contributed by atoms with Crippen molar-refractivity contribution < 1.29 is 14.5 Å². The van der Waals surface area contributed by atoms with E-state index in [0.29, 0.717) is 11.4 Å². The van der Waals surface area contributed by atoms with Crippen LogP contribution in [0, 0.1) is 0 Å². The van der Waals surface area contributed by atoms with E-state index in [1.165, 1.54) is 6.92 Å². The zero-order chi connectivity index (χ0) is 9.68. The Morgan fingerprint density at radius 2 is 2.08 bits per heavy atom. The Balaban J connectivity index is 2.64. The first kappa shape index (κ1) is 9.60. The van der Waals surface area contributed by atoms with Gasteiger partial charge in [0.2, 0.25) is 5.91 Å².